The van der Waals surface area contributed by atoms with Crippen molar-refractivity contribution in [1.82, 2.24) is 19.9 Å². The van der Waals surface area contributed by atoms with E-state index in [1.54, 1.807) is 23.5 Å². The van der Waals surface area contributed by atoms with Crippen LogP contribution in [-0.4, -0.2) is 57.3 Å². The van der Waals surface area contributed by atoms with E-state index in [4.69, 9.17) is 9.72 Å². The summed E-state index contributed by atoms with van der Waals surface area (Å²) < 4.78 is 5.70. The molecule has 4 heterocycles. The quantitative estimate of drug-likeness (QED) is 0.561. The van der Waals surface area contributed by atoms with Gasteiger partial charge in [-0.3, -0.25) is 9.78 Å². The number of amides is 1. The molecule has 0 aliphatic carbocycles. The molecule has 2 atom stereocenters. The number of thiazole rings is 1. The van der Waals surface area contributed by atoms with Crippen LogP contribution in [-0.2, 0) is 4.74 Å². The second-order valence-corrected chi connectivity index (χ2v) is 9.00. The molecule has 0 aromatic carbocycles. The summed E-state index contributed by atoms with van der Waals surface area (Å²) in [5.74, 6) is 1.26. The molecule has 2 unspecified atom stereocenters. The van der Waals surface area contributed by atoms with E-state index in [-0.39, 0.29) is 11.8 Å². The third kappa shape index (κ3) is 4.50. The lowest BCUT2D eigenvalue weighted by atomic mass is 9.92. The van der Waals surface area contributed by atoms with Crippen LogP contribution in [0.15, 0.2) is 23.1 Å². The highest BCUT2D eigenvalue weighted by Gasteiger charge is 2.28. The predicted octanol–water partition coefficient (Wildman–Crippen LogP) is 3.53. The number of hydrogen-bond donors (Lipinski definition) is 0. The van der Waals surface area contributed by atoms with Crippen LogP contribution in [0.2, 0.25) is 0 Å². The minimum absolute atomic E-state index is 0.0851. The largest absolute Gasteiger partial charge is 0.377 e. The molecular formula is C19H24N4O2S2. The van der Waals surface area contributed by atoms with Crippen LogP contribution in [0.3, 0.4) is 0 Å². The SMILES string of the molecule is Cc1cnc(SCC2CCCO2)nc1C1CCCN(C(=O)c2cncs2)C1. The summed E-state index contributed by atoms with van der Waals surface area (Å²) in [5.41, 5.74) is 3.90. The Morgan fingerprint density at radius 2 is 2.30 bits per heavy atom. The first-order valence-electron chi connectivity index (χ1n) is 9.46. The molecule has 1 amide bonds. The van der Waals surface area contributed by atoms with Gasteiger partial charge in [0.05, 0.1) is 23.5 Å². The summed E-state index contributed by atoms with van der Waals surface area (Å²) in [5, 5.41) is 0.817. The maximum absolute atomic E-state index is 12.7. The summed E-state index contributed by atoms with van der Waals surface area (Å²) in [6.45, 7) is 4.45. The first-order chi connectivity index (χ1) is 13.2. The summed E-state index contributed by atoms with van der Waals surface area (Å²) in [7, 11) is 0. The molecular weight excluding hydrogens is 380 g/mol. The normalized spacial score (nSPS) is 22.9. The molecule has 4 rings (SSSR count). The molecule has 6 nitrogen and oxygen atoms in total. The topological polar surface area (TPSA) is 68.2 Å². The zero-order valence-corrected chi connectivity index (χ0v) is 17.1. The summed E-state index contributed by atoms with van der Waals surface area (Å²) in [6.07, 6.45) is 8.23. The molecule has 144 valence electrons. The first-order valence-corrected chi connectivity index (χ1v) is 11.3. The van der Waals surface area contributed by atoms with Gasteiger partial charge in [-0.15, -0.1) is 11.3 Å². The predicted molar refractivity (Wildman–Crippen MR) is 106 cm³/mol. The van der Waals surface area contributed by atoms with Crippen molar-refractivity contribution in [3.63, 3.8) is 0 Å². The average molecular weight is 405 g/mol. The van der Waals surface area contributed by atoms with Crippen LogP contribution in [0, 0.1) is 6.92 Å². The Labute approximate surface area is 167 Å². The summed E-state index contributed by atoms with van der Waals surface area (Å²) in [4.78, 5) is 28.7. The molecule has 27 heavy (non-hydrogen) atoms. The molecule has 2 aliphatic rings. The van der Waals surface area contributed by atoms with Crippen molar-refractivity contribution in [1.29, 1.82) is 0 Å². The fraction of sp³-hybridized carbons (Fsp3) is 0.579. The Morgan fingerprint density at radius 3 is 3.07 bits per heavy atom. The van der Waals surface area contributed by atoms with E-state index in [0.717, 1.165) is 61.0 Å². The highest BCUT2D eigenvalue weighted by Crippen LogP contribution is 2.30. The number of aromatic nitrogens is 3. The monoisotopic (exact) mass is 404 g/mol. The van der Waals surface area contributed by atoms with Crippen molar-refractivity contribution in [3.8, 4) is 0 Å². The molecule has 2 aliphatic heterocycles. The van der Waals surface area contributed by atoms with Gasteiger partial charge in [-0.1, -0.05) is 11.8 Å². The minimum Gasteiger partial charge on any atom is -0.377 e. The second kappa shape index (κ2) is 8.67. The zero-order valence-electron chi connectivity index (χ0n) is 15.5. The lowest BCUT2D eigenvalue weighted by Crippen LogP contribution is -2.39. The fourth-order valence-corrected chi connectivity index (χ4v) is 5.20. The van der Waals surface area contributed by atoms with E-state index < -0.39 is 0 Å². The minimum atomic E-state index is 0.0851. The maximum Gasteiger partial charge on any atom is 0.265 e. The van der Waals surface area contributed by atoms with Gasteiger partial charge >= 0.3 is 0 Å². The number of piperidine rings is 1. The van der Waals surface area contributed by atoms with Gasteiger partial charge in [-0.2, -0.15) is 0 Å². The highest BCUT2D eigenvalue weighted by atomic mass is 32.2. The van der Waals surface area contributed by atoms with Crippen LogP contribution < -0.4 is 0 Å². The molecule has 2 fully saturated rings. The number of ether oxygens (including phenoxy) is 1. The van der Waals surface area contributed by atoms with E-state index in [2.05, 4.69) is 16.9 Å². The Hall–Kier alpha value is -1.51. The van der Waals surface area contributed by atoms with E-state index in [9.17, 15) is 4.79 Å². The van der Waals surface area contributed by atoms with Crippen LogP contribution in [0.5, 0.6) is 0 Å². The molecule has 2 aromatic rings. The van der Waals surface area contributed by atoms with Gasteiger partial charge in [0.2, 0.25) is 0 Å². The zero-order chi connectivity index (χ0) is 18.6. The number of nitrogens with zero attached hydrogens (tertiary/aromatic N) is 4. The number of rotatable bonds is 5. The Morgan fingerprint density at radius 1 is 1.37 bits per heavy atom. The second-order valence-electron chi connectivity index (χ2n) is 7.12. The fourth-order valence-electron chi connectivity index (χ4n) is 3.73. The molecule has 2 aromatic heterocycles. The average Bonchev–Trinajstić information content (AvgIpc) is 3.41. The van der Waals surface area contributed by atoms with Gasteiger partial charge in [-0.25, -0.2) is 9.97 Å². The molecule has 0 radical (unpaired) electrons. The molecule has 2 saturated heterocycles. The third-order valence-corrected chi connectivity index (χ3v) is 6.90. The number of hydrogen-bond acceptors (Lipinski definition) is 7. The van der Waals surface area contributed by atoms with E-state index in [0.29, 0.717) is 17.5 Å². The standard InChI is InChI=1S/C19H24N4O2S2/c1-13-8-21-19(26-11-15-5-3-7-25-15)22-17(13)14-4-2-6-23(10-14)18(24)16-9-20-12-27-16/h8-9,12,14-15H,2-7,10-11H2,1H3. The molecule has 0 N–H and O–H groups in total. The lowest BCUT2D eigenvalue weighted by molar-refractivity contribution is 0.0710. The molecule has 0 bridgehead atoms. The van der Waals surface area contributed by atoms with Crippen molar-refractivity contribution in [3.05, 3.63) is 34.0 Å². The number of likely N-dealkylation sites (tertiary alicyclic amines) is 1. The molecule has 0 saturated carbocycles. The van der Waals surface area contributed by atoms with Gasteiger partial charge in [0.25, 0.3) is 5.91 Å². The Bertz CT molecular complexity index is 778. The van der Waals surface area contributed by atoms with Crippen molar-refractivity contribution < 1.29 is 9.53 Å². The number of aryl methyl sites for hydroxylation is 1. The number of carbonyl (C=O) groups excluding carboxylic acids is 1. The Balaban J connectivity index is 1.44. The first kappa shape index (κ1) is 18.8. The van der Waals surface area contributed by atoms with Gasteiger partial charge in [-0.05, 0) is 38.2 Å². The van der Waals surface area contributed by atoms with Gasteiger partial charge in [0, 0.05) is 37.6 Å². The summed E-state index contributed by atoms with van der Waals surface area (Å²) in [6, 6.07) is 0. The van der Waals surface area contributed by atoms with E-state index >= 15 is 0 Å². The van der Waals surface area contributed by atoms with Gasteiger partial charge < -0.3 is 9.64 Å². The van der Waals surface area contributed by atoms with Crippen molar-refractivity contribution >= 4 is 29.0 Å². The van der Waals surface area contributed by atoms with E-state index in [1.807, 2.05) is 11.1 Å². The van der Waals surface area contributed by atoms with Crippen molar-refractivity contribution in [2.24, 2.45) is 0 Å². The molecule has 8 heteroatoms. The smallest absolute Gasteiger partial charge is 0.265 e. The molecule has 0 spiro atoms. The third-order valence-electron chi connectivity index (χ3n) is 5.15. The van der Waals surface area contributed by atoms with Gasteiger partial charge in [0.15, 0.2) is 5.16 Å². The number of thioether (sulfide) groups is 1. The van der Waals surface area contributed by atoms with Crippen LogP contribution in [0.1, 0.15) is 52.5 Å². The van der Waals surface area contributed by atoms with Crippen LogP contribution in [0.4, 0.5) is 0 Å². The maximum atomic E-state index is 12.7. The van der Waals surface area contributed by atoms with E-state index in [1.165, 1.54) is 11.3 Å². The van der Waals surface area contributed by atoms with Crippen LogP contribution in [0.25, 0.3) is 0 Å². The highest BCUT2D eigenvalue weighted by molar-refractivity contribution is 7.99. The van der Waals surface area contributed by atoms with Crippen molar-refractivity contribution in [2.75, 3.05) is 25.4 Å². The lowest BCUT2D eigenvalue weighted by Gasteiger charge is -2.32. The number of carbonyl (C=O) groups is 1. The van der Waals surface area contributed by atoms with Crippen LogP contribution >= 0.6 is 23.1 Å². The van der Waals surface area contributed by atoms with Crippen molar-refractivity contribution in [2.45, 2.75) is 49.8 Å². The van der Waals surface area contributed by atoms with Gasteiger partial charge in [0.1, 0.15) is 4.88 Å². The Kier molecular flexibility index (Phi) is 6.04. The summed E-state index contributed by atoms with van der Waals surface area (Å²) >= 11 is 3.08.